The van der Waals surface area contributed by atoms with Gasteiger partial charge >= 0.3 is 5.97 Å². The second kappa shape index (κ2) is 8.10. The molecule has 2 aromatic rings. The zero-order chi connectivity index (χ0) is 18.5. The number of hydrogen-bond donors (Lipinski definition) is 0. The lowest BCUT2D eigenvalue weighted by Gasteiger charge is -2.14. The third kappa shape index (κ3) is 4.26. The lowest BCUT2D eigenvalue weighted by molar-refractivity contribution is -0.151. The molecular formula is C20H19NO4S. The number of carbonyl (C=O) groups excluding carboxylic acids is 3. The van der Waals surface area contributed by atoms with Gasteiger partial charge in [0.05, 0.1) is 5.57 Å². The van der Waals surface area contributed by atoms with Crippen LogP contribution in [0.25, 0.3) is 11.6 Å². The molecule has 2 amide bonds. The molecule has 26 heavy (non-hydrogen) atoms. The summed E-state index contributed by atoms with van der Waals surface area (Å²) in [5.41, 5.74) is 2.36. The number of likely N-dealkylation sites (tertiary alicyclic amines) is 1. The molecule has 134 valence electrons. The molecule has 1 aliphatic rings. The Labute approximate surface area is 155 Å². The largest absolute Gasteiger partial charge is 0.452 e. The van der Waals surface area contributed by atoms with Crippen LogP contribution in [0.1, 0.15) is 28.8 Å². The molecule has 3 rings (SSSR count). The third-order valence-electron chi connectivity index (χ3n) is 4.06. The number of ether oxygens (including phenoxy) is 1. The van der Waals surface area contributed by atoms with E-state index in [1.165, 1.54) is 11.3 Å². The van der Waals surface area contributed by atoms with Gasteiger partial charge in [0.15, 0.2) is 6.61 Å². The van der Waals surface area contributed by atoms with Crippen molar-refractivity contribution in [1.82, 2.24) is 4.90 Å². The van der Waals surface area contributed by atoms with Crippen molar-refractivity contribution in [2.75, 3.05) is 13.2 Å². The summed E-state index contributed by atoms with van der Waals surface area (Å²) in [6.07, 6.45) is 2.78. The van der Waals surface area contributed by atoms with E-state index in [-0.39, 0.29) is 5.91 Å². The molecule has 0 bridgehead atoms. The quantitative estimate of drug-likeness (QED) is 0.599. The van der Waals surface area contributed by atoms with Crippen LogP contribution in [0.5, 0.6) is 0 Å². The van der Waals surface area contributed by atoms with Gasteiger partial charge in [0.25, 0.3) is 5.91 Å². The monoisotopic (exact) mass is 369 g/mol. The van der Waals surface area contributed by atoms with E-state index in [1.807, 2.05) is 48.7 Å². The SMILES string of the molecule is Cc1cccc(/C=C(/C(=O)OCC(=O)N2CCCC2=O)c2cccs2)c1. The summed E-state index contributed by atoms with van der Waals surface area (Å²) in [5, 5.41) is 1.88. The topological polar surface area (TPSA) is 63.7 Å². The molecule has 0 aliphatic carbocycles. The van der Waals surface area contributed by atoms with E-state index in [2.05, 4.69) is 0 Å². The normalized spacial score (nSPS) is 14.6. The van der Waals surface area contributed by atoms with E-state index in [0.29, 0.717) is 25.0 Å². The lowest BCUT2D eigenvalue weighted by atomic mass is 10.1. The number of nitrogens with zero attached hydrogens (tertiary/aromatic N) is 1. The number of hydrogen-bond acceptors (Lipinski definition) is 5. The number of benzene rings is 1. The zero-order valence-corrected chi connectivity index (χ0v) is 15.3. The highest BCUT2D eigenvalue weighted by Gasteiger charge is 2.27. The summed E-state index contributed by atoms with van der Waals surface area (Å²) >= 11 is 1.42. The van der Waals surface area contributed by atoms with Crippen LogP contribution in [-0.2, 0) is 19.1 Å². The minimum Gasteiger partial charge on any atom is -0.452 e. The number of carbonyl (C=O) groups is 3. The Hall–Kier alpha value is -2.73. The smallest absolute Gasteiger partial charge is 0.340 e. The fourth-order valence-electron chi connectivity index (χ4n) is 2.78. The lowest BCUT2D eigenvalue weighted by Crippen LogP contribution is -2.35. The highest BCUT2D eigenvalue weighted by Crippen LogP contribution is 2.24. The Morgan fingerprint density at radius 3 is 2.77 bits per heavy atom. The summed E-state index contributed by atoms with van der Waals surface area (Å²) in [6, 6.07) is 11.5. The fourth-order valence-corrected chi connectivity index (χ4v) is 3.51. The van der Waals surface area contributed by atoms with Crippen molar-refractivity contribution >= 4 is 40.8 Å². The van der Waals surface area contributed by atoms with Gasteiger partial charge in [-0.05, 0) is 36.4 Å². The summed E-state index contributed by atoms with van der Waals surface area (Å²) in [6.45, 7) is 1.94. The minimum absolute atomic E-state index is 0.208. The second-order valence-electron chi connectivity index (χ2n) is 6.07. The molecule has 0 radical (unpaired) electrons. The van der Waals surface area contributed by atoms with Gasteiger partial charge in [0, 0.05) is 17.8 Å². The molecule has 6 heteroatoms. The molecule has 1 aromatic heterocycles. The molecule has 2 heterocycles. The molecular weight excluding hydrogens is 350 g/mol. The van der Waals surface area contributed by atoms with E-state index in [9.17, 15) is 14.4 Å². The maximum absolute atomic E-state index is 12.6. The standard InChI is InChI=1S/C20H19NO4S/c1-14-5-2-6-15(11-14)12-16(17-7-4-10-26-17)20(24)25-13-19(23)21-9-3-8-18(21)22/h2,4-7,10-12H,3,8-9,13H2,1H3/b16-12+. The number of amides is 2. The Balaban J connectivity index is 1.76. The van der Waals surface area contributed by atoms with E-state index in [0.717, 1.165) is 20.9 Å². The van der Waals surface area contributed by atoms with Gasteiger partial charge < -0.3 is 4.74 Å². The van der Waals surface area contributed by atoms with E-state index in [4.69, 9.17) is 4.74 Å². The van der Waals surface area contributed by atoms with Crippen molar-refractivity contribution in [3.8, 4) is 0 Å². The van der Waals surface area contributed by atoms with Crippen molar-refractivity contribution in [2.24, 2.45) is 0 Å². The van der Waals surface area contributed by atoms with Crippen LogP contribution in [0.2, 0.25) is 0 Å². The van der Waals surface area contributed by atoms with Crippen LogP contribution in [0.3, 0.4) is 0 Å². The maximum atomic E-state index is 12.6. The van der Waals surface area contributed by atoms with Crippen LogP contribution in [-0.4, -0.2) is 35.8 Å². The van der Waals surface area contributed by atoms with Crippen LogP contribution >= 0.6 is 11.3 Å². The number of thiophene rings is 1. The predicted octanol–water partition coefficient (Wildman–Crippen LogP) is 3.29. The third-order valence-corrected chi connectivity index (χ3v) is 4.96. The fraction of sp³-hybridized carbons (Fsp3) is 0.250. The van der Waals surface area contributed by atoms with E-state index in [1.54, 1.807) is 6.08 Å². The Bertz CT molecular complexity index is 854. The first-order valence-electron chi connectivity index (χ1n) is 8.37. The molecule has 1 aromatic carbocycles. The molecule has 0 N–H and O–H groups in total. The van der Waals surface area contributed by atoms with Gasteiger partial charge in [-0.3, -0.25) is 14.5 Å². The minimum atomic E-state index is -0.575. The van der Waals surface area contributed by atoms with Crippen molar-refractivity contribution < 1.29 is 19.1 Å². The van der Waals surface area contributed by atoms with Gasteiger partial charge in [-0.2, -0.15) is 0 Å². The van der Waals surface area contributed by atoms with E-state index >= 15 is 0 Å². The van der Waals surface area contributed by atoms with Crippen LogP contribution in [0.15, 0.2) is 41.8 Å². The Kier molecular flexibility index (Phi) is 5.63. The van der Waals surface area contributed by atoms with Gasteiger partial charge in [0.2, 0.25) is 5.91 Å². The molecule has 0 saturated carbocycles. The van der Waals surface area contributed by atoms with Crippen molar-refractivity contribution in [2.45, 2.75) is 19.8 Å². The van der Waals surface area contributed by atoms with Crippen molar-refractivity contribution in [3.05, 3.63) is 57.8 Å². The summed E-state index contributed by atoms with van der Waals surface area (Å²) in [4.78, 5) is 38.2. The van der Waals surface area contributed by atoms with Gasteiger partial charge in [-0.25, -0.2) is 4.79 Å². The number of rotatable bonds is 5. The highest BCUT2D eigenvalue weighted by molar-refractivity contribution is 7.11. The average Bonchev–Trinajstić information content (AvgIpc) is 3.29. The van der Waals surface area contributed by atoms with Gasteiger partial charge in [-0.15, -0.1) is 11.3 Å². The first kappa shape index (κ1) is 18.1. The maximum Gasteiger partial charge on any atom is 0.340 e. The molecule has 0 spiro atoms. The van der Waals surface area contributed by atoms with Gasteiger partial charge in [0.1, 0.15) is 0 Å². The van der Waals surface area contributed by atoms with Crippen molar-refractivity contribution in [3.63, 3.8) is 0 Å². The second-order valence-corrected chi connectivity index (χ2v) is 7.02. The summed E-state index contributed by atoms with van der Waals surface area (Å²) in [7, 11) is 0. The number of aryl methyl sites for hydroxylation is 1. The molecule has 5 nitrogen and oxygen atoms in total. The average molecular weight is 369 g/mol. The van der Waals surface area contributed by atoms with E-state index < -0.39 is 18.5 Å². The molecule has 0 unspecified atom stereocenters. The molecule has 0 atom stereocenters. The summed E-state index contributed by atoms with van der Waals surface area (Å²) < 4.78 is 5.21. The van der Waals surface area contributed by atoms with Crippen molar-refractivity contribution in [1.29, 1.82) is 0 Å². The van der Waals surface area contributed by atoms with Crippen LogP contribution < -0.4 is 0 Å². The van der Waals surface area contributed by atoms with Gasteiger partial charge in [-0.1, -0.05) is 35.9 Å². The molecule has 1 fully saturated rings. The zero-order valence-electron chi connectivity index (χ0n) is 14.4. The predicted molar refractivity (Wildman–Crippen MR) is 100 cm³/mol. The number of esters is 1. The number of imide groups is 1. The molecule has 1 aliphatic heterocycles. The summed E-state index contributed by atoms with van der Waals surface area (Å²) in [5.74, 6) is -1.25. The Morgan fingerprint density at radius 1 is 1.27 bits per heavy atom. The first-order valence-corrected chi connectivity index (χ1v) is 9.25. The first-order chi connectivity index (χ1) is 12.5. The van der Waals surface area contributed by atoms with Crippen LogP contribution in [0, 0.1) is 6.92 Å². The van der Waals surface area contributed by atoms with Crippen LogP contribution in [0.4, 0.5) is 0 Å². The Morgan fingerprint density at radius 2 is 2.12 bits per heavy atom. The molecule has 1 saturated heterocycles. The highest BCUT2D eigenvalue weighted by atomic mass is 32.1.